The lowest BCUT2D eigenvalue weighted by atomic mass is 9.94. The third-order valence-electron chi connectivity index (χ3n) is 4.11. The van der Waals surface area contributed by atoms with E-state index in [0.717, 1.165) is 25.3 Å². The van der Waals surface area contributed by atoms with Crippen LogP contribution in [0.25, 0.3) is 0 Å². The SMILES string of the molecule is CCC(=O)N1CCC(NC(=NC)NCc2ncc(C(C)(C)C)o2)C1.I. The van der Waals surface area contributed by atoms with Crippen molar-refractivity contribution in [2.24, 2.45) is 4.99 Å². The monoisotopic (exact) mass is 463 g/mol. The lowest BCUT2D eigenvalue weighted by molar-refractivity contribution is -0.129. The number of rotatable bonds is 4. The Kier molecular flexibility index (Phi) is 8.17. The molecule has 1 amide bonds. The van der Waals surface area contributed by atoms with Gasteiger partial charge in [0.2, 0.25) is 11.8 Å². The molecule has 1 unspecified atom stereocenters. The van der Waals surface area contributed by atoms with Gasteiger partial charge < -0.3 is 20.0 Å². The minimum Gasteiger partial charge on any atom is -0.443 e. The smallest absolute Gasteiger partial charge is 0.222 e. The first-order chi connectivity index (χ1) is 11.3. The number of nitrogens with zero attached hydrogens (tertiary/aromatic N) is 3. The van der Waals surface area contributed by atoms with Gasteiger partial charge in [-0.05, 0) is 6.42 Å². The molecular weight excluding hydrogens is 433 g/mol. The molecule has 2 N–H and O–H groups in total. The Morgan fingerprint density at radius 3 is 2.76 bits per heavy atom. The summed E-state index contributed by atoms with van der Waals surface area (Å²) in [6.45, 7) is 10.2. The minimum absolute atomic E-state index is 0. The van der Waals surface area contributed by atoms with Crippen molar-refractivity contribution in [2.45, 2.75) is 58.5 Å². The van der Waals surface area contributed by atoms with Crippen molar-refractivity contribution in [3.63, 3.8) is 0 Å². The number of hydrogen-bond donors (Lipinski definition) is 2. The fraction of sp³-hybridized carbons (Fsp3) is 0.706. The van der Waals surface area contributed by atoms with Crippen molar-refractivity contribution in [3.8, 4) is 0 Å². The molecule has 25 heavy (non-hydrogen) atoms. The number of oxazole rings is 1. The summed E-state index contributed by atoms with van der Waals surface area (Å²) in [5.74, 6) is 2.40. The maximum atomic E-state index is 11.7. The highest BCUT2D eigenvalue weighted by Crippen LogP contribution is 2.22. The lowest BCUT2D eigenvalue weighted by Gasteiger charge is -2.18. The zero-order valence-corrected chi connectivity index (χ0v) is 18.1. The summed E-state index contributed by atoms with van der Waals surface area (Å²) in [6.07, 6.45) is 3.26. The van der Waals surface area contributed by atoms with Gasteiger partial charge in [0.15, 0.2) is 5.96 Å². The number of likely N-dealkylation sites (tertiary alicyclic amines) is 1. The average Bonchev–Trinajstić information content (AvgIpc) is 3.19. The fourth-order valence-corrected chi connectivity index (χ4v) is 2.61. The molecule has 0 bridgehead atoms. The van der Waals surface area contributed by atoms with Crippen LogP contribution < -0.4 is 10.6 Å². The number of nitrogens with one attached hydrogen (secondary N) is 2. The van der Waals surface area contributed by atoms with Crippen molar-refractivity contribution in [3.05, 3.63) is 17.8 Å². The second-order valence-electron chi connectivity index (χ2n) is 7.12. The molecule has 0 radical (unpaired) electrons. The Labute approximate surface area is 167 Å². The summed E-state index contributed by atoms with van der Waals surface area (Å²) >= 11 is 0. The normalized spacial score (nSPS) is 18.0. The molecule has 7 nitrogen and oxygen atoms in total. The molecular formula is C17H30IN5O2. The van der Waals surface area contributed by atoms with Crippen LogP contribution in [0.2, 0.25) is 0 Å². The molecule has 0 aromatic carbocycles. The van der Waals surface area contributed by atoms with E-state index in [0.29, 0.717) is 24.8 Å². The highest BCUT2D eigenvalue weighted by atomic mass is 127. The van der Waals surface area contributed by atoms with Crippen LogP contribution in [-0.2, 0) is 16.8 Å². The van der Waals surface area contributed by atoms with Crippen LogP contribution in [0.15, 0.2) is 15.6 Å². The summed E-state index contributed by atoms with van der Waals surface area (Å²) in [6, 6.07) is 0.224. The maximum absolute atomic E-state index is 11.7. The van der Waals surface area contributed by atoms with Gasteiger partial charge >= 0.3 is 0 Å². The van der Waals surface area contributed by atoms with E-state index in [1.807, 2.05) is 11.8 Å². The highest BCUT2D eigenvalue weighted by molar-refractivity contribution is 14.0. The molecule has 1 aromatic heterocycles. The predicted molar refractivity (Wildman–Crippen MR) is 109 cm³/mol. The van der Waals surface area contributed by atoms with E-state index in [9.17, 15) is 4.79 Å². The number of guanidine groups is 1. The Morgan fingerprint density at radius 1 is 1.48 bits per heavy atom. The summed E-state index contributed by atoms with van der Waals surface area (Å²) in [5.41, 5.74) is -0.0513. The average molecular weight is 463 g/mol. The first kappa shape index (κ1) is 21.7. The zero-order valence-electron chi connectivity index (χ0n) is 15.8. The second-order valence-corrected chi connectivity index (χ2v) is 7.12. The Bertz CT molecular complexity index is 594. The zero-order chi connectivity index (χ0) is 17.7. The van der Waals surface area contributed by atoms with Gasteiger partial charge in [-0.25, -0.2) is 4.98 Å². The van der Waals surface area contributed by atoms with E-state index in [-0.39, 0.29) is 41.3 Å². The van der Waals surface area contributed by atoms with Crippen LogP contribution in [0.3, 0.4) is 0 Å². The van der Waals surface area contributed by atoms with E-state index >= 15 is 0 Å². The van der Waals surface area contributed by atoms with Gasteiger partial charge in [0, 0.05) is 38.0 Å². The number of halogens is 1. The Hall–Kier alpha value is -1.32. The Balaban J connectivity index is 0.00000312. The van der Waals surface area contributed by atoms with E-state index in [4.69, 9.17) is 4.42 Å². The van der Waals surface area contributed by atoms with E-state index in [2.05, 4.69) is 41.4 Å². The topological polar surface area (TPSA) is 82.8 Å². The van der Waals surface area contributed by atoms with Gasteiger partial charge in [0.05, 0.1) is 12.7 Å². The lowest BCUT2D eigenvalue weighted by Crippen LogP contribution is -2.44. The Morgan fingerprint density at radius 2 is 2.20 bits per heavy atom. The minimum atomic E-state index is -0.0513. The van der Waals surface area contributed by atoms with E-state index < -0.39 is 0 Å². The number of aliphatic imine (C=N–C) groups is 1. The van der Waals surface area contributed by atoms with Crippen LogP contribution in [0.1, 0.15) is 52.2 Å². The summed E-state index contributed by atoms with van der Waals surface area (Å²) in [5, 5.41) is 6.57. The first-order valence-corrected chi connectivity index (χ1v) is 8.53. The summed E-state index contributed by atoms with van der Waals surface area (Å²) in [4.78, 5) is 22.2. The van der Waals surface area contributed by atoms with Crippen molar-refractivity contribution in [1.29, 1.82) is 0 Å². The molecule has 2 heterocycles. The molecule has 1 aliphatic rings. The second kappa shape index (κ2) is 9.40. The van der Waals surface area contributed by atoms with Crippen LogP contribution in [-0.4, -0.2) is 47.9 Å². The molecule has 2 rings (SSSR count). The van der Waals surface area contributed by atoms with Gasteiger partial charge in [-0.2, -0.15) is 0 Å². The largest absolute Gasteiger partial charge is 0.443 e. The van der Waals surface area contributed by atoms with Gasteiger partial charge in [-0.15, -0.1) is 24.0 Å². The number of aromatic nitrogens is 1. The molecule has 1 aromatic rings. The molecule has 0 saturated carbocycles. The quantitative estimate of drug-likeness (QED) is 0.407. The molecule has 0 aliphatic carbocycles. The highest BCUT2D eigenvalue weighted by Gasteiger charge is 2.26. The number of carbonyl (C=O) groups is 1. The van der Waals surface area contributed by atoms with E-state index in [1.165, 1.54) is 0 Å². The fourth-order valence-electron chi connectivity index (χ4n) is 2.61. The molecule has 1 fully saturated rings. The first-order valence-electron chi connectivity index (χ1n) is 8.53. The number of carbonyl (C=O) groups excluding carboxylic acids is 1. The summed E-state index contributed by atoms with van der Waals surface area (Å²) in [7, 11) is 1.73. The molecule has 1 atom stereocenters. The van der Waals surface area contributed by atoms with Crippen LogP contribution >= 0.6 is 24.0 Å². The third-order valence-corrected chi connectivity index (χ3v) is 4.11. The van der Waals surface area contributed by atoms with Gasteiger partial charge in [0.1, 0.15) is 5.76 Å². The van der Waals surface area contributed by atoms with Crippen molar-refractivity contribution in [2.75, 3.05) is 20.1 Å². The van der Waals surface area contributed by atoms with Crippen LogP contribution in [0.5, 0.6) is 0 Å². The molecule has 142 valence electrons. The van der Waals surface area contributed by atoms with Gasteiger partial charge in [-0.1, -0.05) is 27.7 Å². The number of hydrogen-bond acceptors (Lipinski definition) is 4. The molecule has 0 spiro atoms. The molecule has 1 saturated heterocycles. The maximum Gasteiger partial charge on any atom is 0.222 e. The molecule has 1 aliphatic heterocycles. The summed E-state index contributed by atoms with van der Waals surface area (Å²) < 4.78 is 5.77. The van der Waals surface area contributed by atoms with Gasteiger partial charge in [-0.3, -0.25) is 9.79 Å². The molecule has 8 heteroatoms. The predicted octanol–water partition coefficient (Wildman–Crippen LogP) is 2.27. The van der Waals surface area contributed by atoms with E-state index in [1.54, 1.807) is 13.2 Å². The standard InChI is InChI=1S/C17H29N5O2.HI/c1-6-15(23)22-8-7-12(11-22)21-16(18-5)20-10-14-19-9-13(24-14)17(2,3)4;/h9,12H,6-8,10-11H2,1-5H3,(H2,18,20,21);1H. The van der Waals surface area contributed by atoms with Crippen molar-refractivity contribution in [1.82, 2.24) is 20.5 Å². The van der Waals surface area contributed by atoms with Crippen LogP contribution in [0.4, 0.5) is 0 Å². The van der Waals surface area contributed by atoms with Crippen molar-refractivity contribution >= 4 is 35.8 Å². The van der Waals surface area contributed by atoms with Crippen molar-refractivity contribution < 1.29 is 9.21 Å². The van der Waals surface area contributed by atoms with Gasteiger partial charge in [0.25, 0.3) is 0 Å². The number of amides is 1. The third kappa shape index (κ3) is 6.16. The van der Waals surface area contributed by atoms with Crippen LogP contribution in [0, 0.1) is 0 Å².